The van der Waals surface area contributed by atoms with E-state index in [1.165, 1.54) is 0 Å². The Morgan fingerprint density at radius 2 is 1.81 bits per heavy atom. The molecule has 0 aliphatic heterocycles. The van der Waals surface area contributed by atoms with E-state index in [-0.39, 0.29) is 16.5 Å². The van der Waals surface area contributed by atoms with Crippen molar-refractivity contribution < 1.29 is 9.59 Å². The van der Waals surface area contributed by atoms with Crippen molar-refractivity contribution in [3.8, 4) is 0 Å². The second-order valence-electron chi connectivity index (χ2n) is 4.49. The normalized spacial score (nSPS) is 11.8. The lowest BCUT2D eigenvalue weighted by atomic mass is 10.0. The van der Waals surface area contributed by atoms with E-state index in [4.69, 9.17) is 11.6 Å². The average molecular weight is 367 g/mol. The lowest BCUT2D eigenvalue weighted by molar-refractivity contribution is -0.115. The Kier molecular flexibility index (Phi) is 5.15. The zero-order valence-electron chi connectivity index (χ0n) is 11.3. The Morgan fingerprint density at radius 3 is 2.43 bits per heavy atom. The first kappa shape index (κ1) is 15.7. The van der Waals surface area contributed by atoms with Crippen LogP contribution in [0.25, 0.3) is 0 Å². The molecule has 5 heteroatoms. The predicted molar refractivity (Wildman–Crippen MR) is 88.3 cm³/mol. The van der Waals surface area contributed by atoms with E-state index in [0.29, 0.717) is 21.8 Å². The number of amides is 1. The monoisotopic (exact) mass is 365 g/mol. The number of carbonyl (C=O) groups excluding carboxylic acids is 2. The van der Waals surface area contributed by atoms with Crippen molar-refractivity contribution in [1.29, 1.82) is 0 Å². The van der Waals surface area contributed by atoms with E-state index in [1.54, 1.807) is 49.4 Å². The van der Waals surface area contributed by atoms with Gasteiger partial charge >= 0.3 is 0 Å². The van der Waals surface area contributed by atoms with Crippen molar-refractivity contribution >= 4 is 44.9 Å². The third kappa shape index (κ3) is 3.93. The fourth-order valence-electron chi connectivity index (χ4n) is 1.79. The molecule has 21 heavy (non-hydrogen) atoms. The molecule has 0 bridgehead atoms. The fraction of sp³-hybridized carbons (Fsp3) is 0.125. The van der Waals surface area contributed by atoms with Crippen LogP contribution in [-0.4, -0.2) is 16.5 Å². The minimum Gasteiger partial charge on any atom is -0.324 e. The van der Waals surface area contributed by atoms with Crippen molar-refractivity contribution in [2.45, 2.75) is 11.8 Å². The Balaban J connectivity index is 2.40. The van der Waals surface area contributed by atoms with E-state index in [2.05, 4.69) is 21.2 Å². The number of benzene rings is 2. The molecular formula is C16H13BrClNO2. The highest BCUT2D eigenvalue weighted by atomic mass is 79.9. The van der Waals surface area contributed by atoms with Crippen LogP contribution in [0.4, 0.5) is 5.69 Å². The summed E-state index contributed by atoms with van der Waals surface area (Å²) in [7, 11) is 0. The largest absolute Gasteiger partial charge is 0.324 e. The summed E-state index contributed by atoms with van der Waals surface area (Å²) in [5, 5.41) is 3.17. The molecule has 1 unspecified atom stereocenters. The number of carbonyl (C=O) groups is 2. The number of anilines is 1. The number of halogens is 2. The molecule has 108 valence electrons. The smallest absolute Gasteiger partial charge is 0.237 e. The van der Waals surface area contributed by atoms with Crippen LogP contribution < -0.4 is 5.32 Å². The highest BCUT2D eigenvalue weighted by Crippen LogP contribution is 2.24. The van der Waals surface area contributed by atoms with E-state index in [1.807, 2.05) is 6.07 Å². The zero-order chi connectivity index (χ0) is 15.4. The number of alkyl halides is 1. The van der Waals surface area contributed by atoms with Gasteiger partial charge in [-0.3, -0.25) is 9.59 Å². The Morgan fingerprint density at radius 1 is 1.14 bits per heavy atom. The number of ketones is 1. The van der Waals surface area contributed by atoms with Gasteiger partial charge in [0.25, 0.3) is 0 Å². The summed E-state index contributed by atoms with van der Waals surface area (Å²) in [6.45, 7) is 1.71. The van der Waals surface area contributed by atoms with Gasteiger partial charge in [0, 0.05) is 16.1 Å². The zero-order valence-corrected chi connectivity index (χ0v) is 13.6. The van der Waals surface area contributed by atoms with Crippen molar-refractivity contribution in [3.63, 3.8) is 0 Å². The average Bonchev–Trinajstić information content (AvgIpc) is 2.49. The predicted octanol–water partition coefficient (Wildman–Crippen LogP) is 4.29. The summed E-state index contributed by atoms with van der Waals surface area (Å²) < 4.78 is 0. The van der Waals surface area contributed by atoms with Gasteiger partial charge in [-0.15, -0.1) is 0 Å². The molecule has 0 fully saturated rings. The third-order valence-electron chi connectivity index (χ3n) is 2.88. The molecule has 0 radical (unpaired) electrons. The van der Waals surface area contributed by atoms with Gasteiger partial charge in [-0.25, -0.2) is 0 Å². The topological polar surface area (TPSA) is 46.2 Å². The molecule has 1 N–H and O–H groups in total. The SMILES string of the molecule is CC(Br)C(=O)Nc1ccc(Cl)cc1C(=O)c1ccccc1. The molecule has 1 atom stereocenters. The number of hydrogen-bond acceptors (Lipinski definition) is 2. The summed E-state index contributed by atoms with van der Waals surface area (Å²) in [6.07, 6.45) is 0. The van der Waals surface area contributed by atoms with Crippen LogP contribution in [0.2, 0.25) is 5.02 Å². The van der Waals surface area contributed by atoms with E-state index in [9.17, 15) is 9.59 Å². The van der Waals surface area contributed by atoms with Crippen LogP contribution in [-0.2, 0) is 4.79 Å². The summed E-state index contributed by atoms with van der Waals surface area (Å²) in [5.41, 5.74) is 1.36. The minimum atomic E-state index is -0.354. The van der Waals surface area contributed by atoms with E-state index < -0.39 is 0 Å². The van der Waals surface area contributed by atoms with Crippen LogP contribution in [0.3, 0.4) is 0 Å². The minimum absolute atomic E-state index is 0.185. The van der Waals surface area contributed by atoms with Gasteiger partial charge in [-0.1, -0.05) is 57.9 Å². The summed E-state index contributed by atoms with van der Waals surface area (Å²) >= 11 is 9.17. The highest BCUT2D eigenvalue weighted by molar-refractivity contribution is 9.10. The lowest BCUT2D eigenvalue weighted by Gasteiger charge is -2.12. The molecule has 0 aliphatic carbocycles. The fourth-order valence-corrected chi connectivity index (χ4v) is 2.08. The van der Waals surface area contributed by atoms with Crippen LogP contribution in [0.1, 0.15) is 22.8 Å². The van der Waals surface area contributed by atoms with Gasteiger partial charge in [-0.2, -0.15) is 0 Å². The number of rotatable bonds is 4. The maximum absolute atomic E-state index is 12.5. The van der Waals surface area contributed by atoms with Gasteiger partial charge in [-0.05, 0) is 25.1 Å². The van der Waals surface area contributed by atoms with Crippen molar-refractivity contribution in [1.82, 2.24) is 0 Å². The van der Waals surface area contributed by atoms with Gasteiger partial charge in [0.15, 0.2) is 5.78 Å². The molecule has 3 nitrogen and oxygen atoms in total. The molecule has 0 aliphatic rings. The van der Waals surface area contributed by atoms with Gasteiger partial charge in [0.05, 0.1) is 10.5 Å². The molecule has 0 aromatic heterocycles. The second-order valence-corrected chi connectivity index (χ2v) is 6.30. The molecule has 0 spiro atoms. The highest BCUT2D eigenvalue weighted by Gasteiger charge is 2.17. The Labute approximate surface area is 136 Å². The molecule has 2 aromatic rings. The molecule has 0 heterocycles. The molecule has 2 aromatic carbocycles. The lowest BCUT2D eigenvalue weighted by Crippen LogP contribution is -2.21. The van der Waals surface area contributed by atoms with Crippen molar-refractivity contribution in [2.75, 3.05) is 5.32 Å². The molecule has 1 amide bonds. The summed E-state index contributed by atoms with van der Waals surface area (Å²) in [6, 6.07) is 13.7. The number of hydrogen-bond donors (Lipinski definition) is 1. The number of nitrogens with one attached hydrogen (secondary N) is 1. The van der Waals surface area contributed by atoms with Gasteiger partial charge in [0.1, 0.15) is 0 Å². The van der Waals surface area contributed by atoms with E-state index >= 15 is 0 Å². The van der Waals surface area contributed by atoms with Crippen LogP contribution in [0.15, 0.2) is 48.5 Å². The standard InChI is InChI=1S/C16H13BrClNO2/c1-10(17)16(21)19-14-8-7-12(18)9-13(14)15(20)11-5-3-2-4-6-11/h2-10H,1H3,(H,19,21). The van der Waals surface area contributed by atoms with Crippen LogP contribution in [0, 0.1) is 0 Å². The maximum atomic E-state index is 12.5. The van der Waals surface area contributed by atoms with Crippen molar-refractivity contribution in [2.24, 2.45) is 0 Å². The Hall–Kier alpha value is -1.65. The molecular weight excluding hydrogens is 354 g/mol. The molecule has 2 rings (SSSR count). The first-order valence-electron chi connectivity index (χ1n) is 6.33. The quantitative estimate of drug-likeness (QED) is 0.648. The molecule has 0 saturated heterocycles. The molecule has 0 saturated carbocycles. The van der Waals surface area contributed by atoms with Gasteiger partial charge in [0.2, 0.25) is 5.91 Å². The van der Waals surface area contributed by atoms with Crippen LogP contribution in [0.5, 0.6) is 0 Å². The van der Waals surface area contributed by atoms with Crippen molar-refractivity contribution in [3.05, 3.63) is 64.7 Å². The third-order valence-corrected chi connectivity index (χ3v) is 3.53. The van der Waals surface area contributed by atoms with E-state index in [0.717, 1.165) is 0 Å². The Bertz CT molecular complexity index is 671. The maximum Gasteiger partial charge on any atom is 0.237 e. The van der Waals surface area contributed by atoms with Gasteiger partial charge < -0.3 is 5.32 Å². The first-order chi connectivity index (χ1) is 9.99. The van der Waals surface area contributed by atoms with Crippen LogP contribution >= 0.6 is 27.5 Å². The first-order valence-corrected chi connectivity index (χ1v) is 7.62. The summed E-state index contributed by atoms with van der Waals surface area (Å²) in [4.78, 5) is 24.0. The summed E-state index contributed by atoms with van der Waals surface area (Å²) in [5.74, 6) is -0.407. The second kappa shape index (κ2) is 6.87.